The molecule has 2 aromatic rings. The zero-order valence-electron chi connectivity index (χ0n) is 18.9. The van der Waals surface area contributed by atoms with Gasteiger partial charge in [-0.3, -0.25) is 0 Å². The third-order valence-electron chi connectivity index (χ3n) is 6.96. The highest BCUT2D eigenvalue weighted by molar-refractivity contribution is 5.46. The van der Waals surface area contributed by atoms with Crippen molar-refractivity contribution in [2.24, 2.45) is 11.8 Å². The lowest BCUT2D eigenvalue weighted by Crippen LogP contribution is -2.33. The molecule has 0 amide bonds. The minimum Gasteiger partial charge on any atom is -0.403 e. The molecule has 2 aliphatic carbocycles. The summed E-state index contributed by atoms with van der Waals surface area (Å²) in [6.45, 7) is 2.83. The Hall–Kier alpha value is -2.59. The number of fused-ring (bicyclic) bond motifs is 1. The first kappa shape index (κ1) is 24.5. The normalized spacial score (nSPS) is 24.6. The maximum Gasteiger partial charge on any atom is 0.573 e. The molecule has 0 bridgehead atoms. The third kappa shape index (κ3) is 5.90. The summed E-state index contributed by atoms with van der Waals surface area (Å²) in [7, 11) is 0. The highest BCUT2D eigenvalue weighted by Crippen LogP contribution is 2.46. The predicted molar refractivity (Wildman–Crippen MR) is 118 cm³/mol. The van der Waals surface area contributed by atoms with Crippen LogP contribution in [0.15, 0.2) is 36.4 Å². The Kier molecular flexibility index (Phi) is 7.47. The molecule has 2 saturated carbocycles. The minimum absolute atomic E-state index is 0.336. The molecule has 2 fully saturated rings. The molecule has 2 aromatic carbocycles. The van der Waals surface area contributed by atoms with Gasteiger partial charge >= 0.3 is 6.36 Å². The number of ether oxygens (including phenoxy) is 2. The quantitative estimate of drug-likeness (QED) is 0.338. The van der Waals surface area contributed by atoms with Crippen LogP contribution in [-0.4, -0.2) is 19.1 Å². The SMILES string of the molecule is CCOC1CCC2CC(c3ccc(C#Cc4ccc(OC(F)(F)F)c(F)c4F)cc3)CCC2C1. The summed E-state index contributed by atoms with van der Waals surface area (Å²) >= 11 is 0. The molecule has 0 aliphatic heterocycles. The molecule has 0 spiro atoms. The van der Waals surface area contributed by atoms with E-state index in [4.69, 9.17) is 4.74 Å². The van der Waals surface area contributed by atoms with Crippen LogP contribution in [0.3, 0.4) is 0 Å². The van der Waals surface area contributed by atoms with Gasteiger partial charge in [0.25, 0.3) is 0 Å². The molecule has 0 N–H and O–H groups in total. The van der Waals surface area contributed by atoms with Gasteiger partial charge in [0, 0.05) is 12.2 Å². The van der Waals surface area contributed by atoms with Crippen LogP contribution in [0.2, 0.25) is 0 Å². The molecule has 34 heavy (non-hydrogen) atoms. The van der Waals surface area contributed by atoms with E-state index in [1.54, 1.807) is 0 Å². The summed E-state index contributed by atoms with van der Waals surface area (Å²) in [5.41, 5.74) is 1.53. The van der Waals surface area contributed by atoms with Gasteiger partial charge in [-0.05, 0) is 93.0 Å². The molecular weight excluding hydrogens is 451 g/mol. The van der Waals surface area contributed by atoms with Crippen LogP contribution < -0.4 is 4.74 Å². The highest BCUT2D eigenvalue weighted by atomic mass is 19.4. The number of halogens is 5. The summed E-state index contributed by atoms with van der Waals surface area (Å²) in [4.78, 5) is 0. The standard InChI is InChI=1S/C27H27F5O2/c1-2-33-23-13-11-21-15-20(9-10-22(21)16-23)18-6-3-17(4-7-18)5-8-19-12-14-24(26(29)25(19)28)34-27(30,31)32/h3-4,6-7,12,14,20-23H,2,9-11,13,15-16H2,1H3. The second-order valence-electron chi connectivity index (χ2n) is 9.08. The smallest absolute Gasteiger partial charge is 0.403 e. The lowest BCUT2D eigenvalue weighted by molar-refractivity contribution is -0.275. The predicted octanol–water partition coefficient (Wildman–Crippen LogP) is 7.35. The van der Waals surface area contributed by atoms with Crippen LogP contribution in [0.5, 0.6) is 5.75 Å². The van der Waals surface area contributed by atoms with Crippen molar-refractivity contribution in [2.45, 2.75) is 63.8 Å². The van der Waals surface area contributed by atoms with Gasteiger partial charge in [0.05, 0.1) is 11.7 Å². The van der Waals surface area contributed by atoms with Gasteiger partial charge in [0.15, 0.2) is 11.6 Å². The van der Waals surface area contributed by atoms with Gasteiger partial charge in [-0.15, -0.1) is 13.2 Å². The Balaban J connectivity index is 1.40. The highest BCUT2D eigenvalue weighted by Gasteiger charge is 2.36. The molecule has 0 heterocycles. The Morgan fingerprint density at radius 3 is 2.26 bits per heavy atom. The van der Waals surface area contributed by atoms with Gasteiger partial charge in [-0.25, -0.2) is 4.39 Å². The van der Waals surface area contributed by atoms with E-state index in [-0.39, 0.29) is 5.56 Å². The second-order valence-corrected chi connectivity index (χ2v) is 9.08. The van der Waals surface area contributed by atoms with Gasteiger partial charge < -0.3 is 9.47 Å². The van der Waals surface area contributed by atoms with E-state index >= 15 is 0 Å². The Morgan fingerprint density at radius 1 is 0.853 bits per heavy atom. The van der Waals surface area contributed by atoms with Crippen LogP contribution >= 0.6 is 0 Å². The number of alkyl halides is 3. The molecule has 0 aromatic heterocycles. The Morgan fingerprint density at radius 2 is 1.56 bits per heavy atom. The maximum atomic E-state index is 14.1. The zero-order valence-corrected chi connectivity index (χ0v) is 18.9. The summed E-state index contributed by atoms with van der Waals surface area (Å²) in [5, 5.41) is 0. The fourth-order valence-corrected chi connectivity index (χ4v) is 5.35. The van der Waals surface area contributed by atoms with E-state index < -0.39 is 23.7 Å². The number of hydrogen-bond donors (Lipinski definition) is 0. The third-order valence-corrected chi connectivity index (χ3v) is 6.96. The van der Waals surface area contributed by atoms with Crippen molar-refractivity contribution in [1.29, 1.82) is 0 Å². The van der Waals surface area contributed by atoms with Gasteiger partial charge in [-0.2, -0.15) is 4.39 Å². The van der Waals surface area contributed by atoms with E-state index in [9.17, 15) is 22.0 Å². The van der Waals surface area contributed by atoms with Gasteiger partial charge in [0.2, 0.25) is 5.82 Å². The lowest BCUT2D eigenvalue weighted by Gasteiger charge is -2.42. The van der Waals surface area contributed by atoms with E-state index in [1.807, 2.05) is 24.3 Å². The summed E-state index contributed by atoms with van der Waals surface area (Å²) in [6, 6.07) is 9.43. The Labute approximate surface area is 196 Å². The number of rotatable bonds is 4. The first-order chi connectivity index (χ1) is 16.2. The first-order valence-corrected chi connectivity index (χ1v) is 11.7. The van der Waals surface area contributed by atoms with Gasteiger partial charge in [0.1, 0.15) is 0 Å². The van der Waals surface area contributed by atoms with Gasteiger partial charge in [-0.1, -0.05) is 24.0 Å². The number of hydrogen-bond acceptors (Lipinski definition) is 2. The van der Waals surface area contributed by atoms with Crippen molar-refractivity contribution in [2.75, 3.05) is 6.61 Å². The Bertz CT molecular complexity index is 1050. The average molecular weight is 479 g/mol. The van der Waals surface area contributed by atoms with Crippen LogP contribution in [-0.2, 0) is 4.74 Å². The molecule has 7 heteroatoms. The largest absolute Gasteiger partial charge is 0.573 e. The monoisotopic (exact) mass is 478 g/mol. The van der Waals surface area contributed by atoms with Crippen molar-refractivity contribution in [3.63, 3.8) is 0 Å². The van der Waals surface area contributed by atoms with Crippen molar-refractivity contribution < 1.29 is 31.4 Å². The summed E-state index contributed by atoms with van der Waals surface area (Å²) < 4.78 is 74.1. The van der Waals surface area contributed by atoms with Crippen LogP contribution in [0.4, 0.5) is 22.0 Å². The molecule has 2 nitrogen and oxygen atoms in total. The van der Waals surface area contributed by atoms with Crippen molar-refractivity contribution in [3.8, 4) is 17.6 Å². The second kappa shape index (κ2) is 10.4. The van der Waals surface area contributed by atoms with E-state index in [1.165, 1.54) is 31.2 Å². The van der Waals surface area contributed by atoms with Crippen LogP contribution in [0.25, 0.3) is 0 Å². The fraction of sp³-hybridized carbons (Fsp3) is 0.481. The molecule has 4 rings (SSSR count). The number of benzene rings is 2. The average Bonchev–Trinajstić information content (AvgIpc) is 2.81. The van der Waals surface area contributed by atoms with Crippen molar-refractivity contribution in [3.05, 3.63) is 64.7 Å². The van der Waals surface area contributed by atoms with Crippen molar-refractivity contribution in [1.82, 2.24) is 0 Å². The minimum atomic E-state index is -5.11. The topological polar surface area (TPSA) is 18.5 Å². The molecule has 2 aliphatic rings. The molecule has 4 unspecified atom stereocenters. The summed E-state index contributed by atoms with van der Waals surface area (Å²) in [6.07, 6.45) is 2.34. The molecule has 0 radical (unpaired) electrons. The summed E-state index contributed by atoms with van der Waals surface area (Å²) in [5.74, 6) is 2.82. The maximum absolute atomic E-state index is 14.1. The molecular formula is C27H27F5O2. The zero-order chi connectivity index (χ0) is 24.3. The molecule has 4 atom stereocenters. The first-order valence-electron chi connectivity index (χ1n) is 11.7. The molecule has 182 valence electrons. The fourth-order valence-electron chi connectivity index (χ4n) is 5.35. The van der Waals surface area contributed by atoms with Crippen molar-refractivity contribution >= 4 is 0 Å². The van der Waals surface area contributed by atoms with E-state index in [0.29, 0.717) is 17.6 Å². The van der Waals surface area contributed by atoms with Crippen LogP contribution in [0.1, 0.15) is 68.1 Å². The van der Waals surface area contributed by atoms with E-state index in [0.717, 1.165) is 43.4 Å². The van der Waals surface area contributed by atoms with Crippen LogP contribution in [0, 0.1) is 35.3 Å². The lowest BCUT2D eigenvalue weighted by atomic mass is 9.65. The van der Waals surface area contributed by atoms with E-state index in [2.05, 4.69) is 23.5 Å². The molecule has 0 saturated heterocycles.